The topological polar surface area (TPSA) is 46.5 Å². The molecule has 4 nitrogen and oxygen atoms in total. The number of benzene rings is 4. The van der Waals surface area contributed by atoms with Crippen molar-refractivity contribution in [1.82, 2.24) is 19.7 Å². The van der Waals surface area contributed by atoms with Gasteiger partial charge in [-0.05, 0) is 40.3 Å². The minimum Gasteiger partial charge on any atom is -0.354 e. The van der Waals surface area contributed by atoms with Gasteiger partial charge in [-0.25, -0.2) is 0 Å². The Morgan fingerprint density at radius 3 is 2.27 bits per heavy atom. The molecule has 0 aliphatic rings. The summed E-state index contributed by atoms with van der Waals surface area (Å²) < 4.78 is 2.20. The molecule has 0 aliphatic carbocycles. The normalized spacial score (nSPS) is 12.0. The van der Waals surface area contributed by atoms with E-state index in [-0.39, 0.29) is 5.41 Å². The highest BCUT2D eigenvalue weighted by Crippen LogP contribution is 2.31. The number of hydrogen-bond acceptors (Lipinski definition) is 3. The maximum Gasteiger partial charge on any atom is 0.196 e. The van der Waals surface area contributed by atoms with E-state index in [0.717, 1.165) is 27.9 Å². The first-order valence-corrected chi connectivity index (χ1v) is 13.7. The van der Waals surface area contributed by atoms with Crippen LogP contribution in [0.3, 0.4) is 0 Å². The Morgan fingerprint density at radius 1 is 0.757 bits per heavy atom. The highest BCUT2D eigenvalue weighted by Gasteiger charge is 2.18. The van der Waals surface area contributed by atoms with E-state index >= 15 is 0 Å². The van der Waals surface area contributed by atoms with Gasteiger partial charge >= 0.3 is 0 Å². The van der Waals surface area contributed by atoms with Gasteiger partial charge in [0.25, 0.3) is 0 Å². The fraction of sp³-hybridized carbons (Fsp3) is 0.188. The van der Waals surface area contributed by atoms with Crippen LogP contribution < -0.4 is 0 Å². The first-order valence-electron chi connectivity index (χ1n) is 12.7. The van der Waals surface area contributed by atoms with Crippen molar-refractivity contribution in [3.05, 3.63) is 120 Å². The number of para-hydroxylation sites is 3. The second-order valence-electron chi connectivity index (χ2n) is 10.5. The SMILES string of the molecule is CC(C)(C)c1ccc(CSc2nnc(Cc3cccc4c3[nH]c3ccccc34)n2-c2ccccc2)cc1. The Bertz CT molecular complexity index is 1670. The quantitative estimate of drug-likeness (QED) is 0.234. The van der Waals surface area contributed by atoms with Crippen molar-refractivity contribution in [2.24, 2.45) is 0 Å². The molecule has 0 fully saturated rings. The molecule has 37 heavy (non-hydrogen) atoms. The summed E-state index contributed by atoms with van der Waals surface area (Å²) in [4.78, 5) is 3.63. The highest BCUT2D eigenvalue weighted by molar-refractivity contribution is 7.98. The summed E-state index contributed by atoms with van der Waals surface area (Å²) in [6, 6.07) is 34.3. The number of aromatic nitrogens is 4. The van der Waals surface area contributed by atoms with Crippen LogP contribution in [-0.2, 0) is 17.6 Å². The van der Waals surface area contributed by atoms with Crippen LogP contribution in [-0.4, -0.2) is 19.7 Å². The summed E-state index contributed by atoms with van der Waals surface area (Å²) in [7, 11) is 0. The molecular formula is C32H30N4S. The van der Waals surface area contributed by atoms with Gasteiger partial charge < -0.3 is 4.98 Å². The Hall–Kier alpha value is -3.83. The number of nitrogens with one attached hydrogen (secondary N) is 1. The van der Waals surface area contributed by atoms with Gasteiger partial charge in [0.2, 0.25) is 0 Å². The molecule has 6 rings (SSSR count). The van der Waals surface area contributed by atoms with Gasteiger partial charge in [-0.3, -0.25) is 4.57 Å². The van der Waals surface area contributed by atoms with E-state index in [2.05, 4.69) is 132 Å². The summed E-state index contributed by atoms with van der Waals surface area (Å²) >= 11 is 1.73. The summed E-state index contributed by atoms with van der Waals surface area (Å²) in [6.07, 6.45) is 0.687. The highest BCUT2D eigenvalue weighted by atomic mass is 32.2. The molecule has 0 saturated carbocycles. The molecule has 0 unspecified atom stereocenters. The second kappa shape index (κ2) is 9.56. The van der Waals surface area contributed by atoms with E-state index in [4.69, 9.17) is 0 Å². The number of H-pyrrole nitrogens is 1. The Morgan fingerprint density at radius 2 is 1.49 bits per heavy atom. The first kappa shape index (κ1) is 23.6. The molecule has 0 spiro atoms. The molecule has 0 atom stereocenters. The van der Waals surface area contributed by atoms with Gasteiger partial charge in [0, 0.05) is 34.2 Å². The van der Waals surface area contributed by atoms with Crippen molar-refractivity contribution >= 4 is 33.6 Å². The van der Waals surface area contributed by atoms with Crippen LogP contribution >= 0.6 is 11.8 Å². The number of fused-ring (bicyclic) bond motifs is 3. The van der Waals surface area contributed by atoms with Gasteiger partial charge in [0.15, 0.2) is 5.16 Å². The molecular weight excluding hydrogens is 472 g/mol. The van der Waals surface area contributed by atoms with Crippen LogP contribution in [0.1, 0.15) is 43.3 Å². The minimum absolute atomic E-state index is 0.155. The fourth-order valence-corrected chi connectivity index (χ4v) is 5.77. The maximum absolute atomic E-state index is 4.69. The molecule has 2 aromatic heterocycles. The second-order valence-corrected chi connectivity index (χ2v) is 11.4. The van der Waals surface area contributed by atoms with Gasteiger partial charge in [-0.15, -0.1) is 10.2 Å². The minimum atomic E-state index is 0.155. The predicted molar refractivity (Wildman–Crippen MR) is 155 cm³/mol. The molecule has 6 aromatic rings. The Labute approximate surface area is 221 Å². The third-order valence-corrected chi connectivity index (χ3v) is 7.88. The van der Waals surface area contributed by atoms with Gasteiger partial charge in [0.1, 0.15) is 5.82 Å². The van der Waals surface area contributed by atoms with E-state index in [9.17, 15) is 0 Å². The predicted octanol–water partition coefficient (Wildman–Crippen LogP) is 8.08. The molecule has 0 bridgehead atoms. The van der Waals surface area contributed by atoms with Gasteiger partial charge in [-0.1, -0.05) is 111 Å². The molecule has 0 amide bonds. The van der Waals surface area contributed by atoms with Crippen LogP contribution in [0.4, 0.5) is 0 Å². The molecule has 0 saturated heterocycles. The lowest BCUT2D eigenvalue weighted by molar-refractivity contribution is 0.590. The third-order valence-electron chi connectivity index (χ3n) is 6.88. The van der Waals surface area contributed by atoms with Crippen LogP contribution in [0.25, 0.3) is 27.5 Å². The standard InChI is InChI=1S/C32H30N4S/c1-32(2,3)24-18-16-22(17-19-24)21-37-31-35-34-29(36(31)25-11-5-4-6-12-25)20-23-10-9-14-27-26-13-7-8-15-28(26)33-30(23)27/h4-19,33H,20-21H2,1-3H3. The van der Waals surface area contributed by atoms with Crippen molar-refractivity contribution < 1.29 is 0 Å². The van der Waals surface area contributed by atoms with E-state index < -0.39 is 0 Å². The van der Waals surface area contributed by atoms with Gasteiger partial charge in [0.05, 0.1) is 5.52 Å². The van der Waals surface area contributed by atoms with Crippen LogP contribution in [0.2, 0.25) is 0 Å². The molecule has 2 heterocycles. The van der Waals surface area contributed by atoms with Crippen LogP contribution in [0.15, 0.2) is 102 Å². The molecule has 184 valence electrons. The zero-order valence-electron chi connectivity index (χ0n) is 21.4. The van der Waals surface area contributed by atoms with Crippen molar-refractivity contribution in [2.75, 3.05) is 0 Å². The van der Waals surface area contributed by atoms with Crippen LogP contribution in [0, 0.1) is 0 Å². The fourth-order valence-electron chi connectivity index (χ4n) is 4.85. The molecule has 5 heteroatoms. The smallest absolute Gasteiger partial charge is 0.196 e. The van der Waals surface area contributed by atoms with Crippen molar-refractivity contribution in [2.45, 2.75) is 43.5 Å². The lowest BCUT2D eigenvalue weighted by Gasteiger charge is -2.19. The van der Waals surface area contributed by atoms with Crippen molar-refractivity contribution in [1.29, 1.82) is 0 Å². The molecule has 0 aliphatic heterocycles. The average Bonchev–Trinajstić information content (AvgIpc) is 3.49. The number of rotatable bonds is 6. The zero-order valence-corrected chi connectivity index (χ0v) is 22.2. The van der Waals surface area contributed by atoms with Crippen molar-refractivity contribution in [3.63, 3.8) is 0 Å². The lowest BCUT2D eigenvalue weighted by atomic mass is 9.87. The number of hydrogen-bond donors (Lipinski definition) is 1. The van der Waals surface area contributed by atoms with Crippen molar-refractivity contribution in [3.8, 4) is 5.69 Å². The number of thioether (sulfide) groups is 1. The van der Waals surface area contributed by atoms with E-state index in [1.165, 1.54) is 33.0 Å². The summed E-state index contributed by atoms with van der Waals surface area (Å²) in [6.45, 7) is 6.74. The van der Waals surface area contributed by atoms with E-state index in [1.54, 1.807) is 11.8 Å². The first-order chi connectivity index (χ1) is 18.0. The zero-order chi connectivity index (χ0) is 25.4. The Balaban J connectivity index is 1.34. The van der Waals surface area contributed by atoms with E-state index in [0.29, 0.717) is 6.42 Å². The van der Waals surface area contributed by atoms with Gasteiger partial charge in [-0.2, -0.15) is 0 Å². The molecule has 4 aromatic carbocycles. The molecule has 1 N–H and O–H groups in total. The summed E-state index contributed by atoms with van der Waals surface area (Å²) in [5.74, 6) is 1.77. The largest absolute Gasteiger partial charge is 0.354 e. The number of nitrogens with zero attached hydrogens (tertiary/aromatic N) is 3. The maximum atomic E-state index is 4.69. The summed E-state index contributed by atoms with van der Waals surface area (Å²) in [5, 5.41) is 12.7. The third kappa shape index (κ3) is 4.67. The van der Waals surface area contributed by atoms with Crippen LogP contribution in [0.5, 0.6) is 0 Å². The molecule has 0 radical (unpaired) electrons. The monoisotopic (exact) mass is 502 g/mol. The number of aromatic amines is 1. The Kier molecular flexibility index (Phi) is 6.09. The summed E-state index contributed by atoms with van der Waals surface area (Å²) in [5.41, 5.74) is 7.40. The lowest BCUT2D eigenvalue weighted by Crippen LogP contribution is -2.10. The average molecular weight is 503 g/mol. The van der Waals surface area contributed by atoms with E-state index in [1.807, 2.05) is 6.07 Å².